The number of hydrogen-bond acceptors (Lipinski definition) is 7. The number of ether oxygens (including phenoxy) is 2. The van der Waals surface area contributed by atoms with Crippen molar-refractivity contribution < 1.29 is 27.1 Å². The maximum Gasteiger partial charge on any atom is 0.419 e. The summed E-state index contributed by atoms with van der Waals surface area (Å²) in [6.45, 7) is 0.864. The van der Waals surface area contributed by atoms with E-state index in [1.807, 2.05) is 0 Å². The van der Waals surface area contributed by atoms with Gasteiger partial charge < -0.3 is 19.2 Å². The van der Waals surface area contributed by atoms with Crippen molar-refractivity contribution in [3.8, 4) is 11.5 Å². The maximum absolute atomic E-state index is 13.0. The minimum absolute atomic E-state index is 0.0900. The molecule has 10 nitrogen and oxygen atoms in total. The number of amides is 1. The molecule has 0 saturated heterocycles. The number of anilines is 2. The highest BCUT2D eigenvalue weighted by Gasteiger charge is 2.21. The molecule has 0 saturated carbocycles. The summed E-state index contributed by atoms with van der Waals surface area (Å²) in [6.07, 6.45) is 0. The Balaban J connectivity index is 1.41. The number of nitrogens with zero attached hydrogens (tertiary/aromatic N) is 1. The van der Waals surface area contributed by atoms with Crippen LogP contribution in [0.15, 0.2) is 74.8 Å². The van der Waals surface area contributed by atoms with E-state index in [0.29, 0.717) is 35.9 Å². The summed E-state index contributed by atoms with van der Waals surface area (Å²) in [5.41, 5.74) is 1.28. The average molecular weight is 481 g/mol. The zero-order valence-electron chi connectivity index (χ0n) is 17.9. The molecule has 0 bridgehead atoms. The smallest absolute Gasteiger partial charge is 0.419 e. The minimum atomic E-state index is -4.09. The lowest BCUT2D eigenvalue weighted by Crippen LogP contribution is -2.19. The molecule has 0 spiro atoms. The second kappa shape index (κ2) is 8.27. The molecule has 0 unspecified atom stereocenters. The fourth-order valence-electron chi connectivity index (χ4n) is 3.57. The Labute approximate surface area is 193 Å². The quantitative estimate of drug-likeness (QED) is 0.448. The molecule has 34 heavy (non-hydrogen) atoms. The molecule has 1 amide bonds. The Bertz CT molecular complexity index is 1590. The third-order valence-corrected chi connectivity index (χ3v) is 6.65. The first-order valence-corrected chi connectivity index (χ1v) is 11.7. The van der Waals surface area contributed by atoms with Gasteiger partial charge in [-0.05, 0) is 36.4 Å². The zero-order valence-corrected chi connectivity index (χ0v) is 18.7. The molecule has 11 heteroatoms. The number of sulfonamides is 1. The van der Waals surface area contributed by atoms with Gasteiger partial charge >= 0.3 is 5.76 Å². The lowest BCUT2D eigenvalue weighted by atomic mass is 10.1. The number of para-hydroxylation sites is 1. The van der Waals surface area contributed by atoms with Gasteiger partial charge in [0.2, 0.25) is 0 Å². The molecule has 4 aromatic rings. The van der Waals surface area contributed by atoms with Gasteiger partial charge in [-0.1, -0.05) is 12.1 Å². The van der Waals surface area contributed by atoms with Gasteiger partial charge in [-0.15, -0.1) is 0 Å². The van der Waals surface area contributed by atoms with Gasteiger partial charge in [0, 0.05) is 24.9 Å². The summed E-state index contributed by atoms with van der Waals surface area (Å²) >= 11 is 0. The van der Waals surface area contributed by atoms with E-state index in [9.17, 15) is 18.0 Å². The molecule has 0 aliphatic carbocycles. The lowest BCUT2D eigenvalue weighted by molar-refractivity contribution is 0.102. The number of fused-ring (bicyclic) bond motifs is 2. The standard InChI is InChI=1S/C23H19N3O7S/c1-26-18-8-7-15(13-20(18)33-23(26)28)34(29,30)25-17-5-3-2-4-16(17)22(27)24-14-6-9-19-21(12-14)32-11-10-31-19/h2-9,12-13,25H,10-11H2,1H3,(H,24,27). The van der Waals surface area contributed by atoms with E-state index in [1.54, 1.807) is 30.3 Å². The predicted molar refractivity (Wildman–Crippen MR) is 124 cm³/mol. The van der Waals surface area contributed by atoms with Crippen molar-refractivity contribution >= 4 is 38.4 Å². The molecule has 2 heterocycles. The number of rotatable bonds is 5. The van der Waals surface area contributed by atoms with Crippen LogP contribution in [0.1, 0.15) is 10.4 Å². The summed E-state index contributed by atoms with van der Waals surface area (Å²) in [7, 11) is -2.56. The topological polar surface area (TPSA) is 129 Å². The lowest BCUT2D eigenvalue weighted by Gasteiger charge is -2.19. The molecule has 3 aromatic carbocycles. The second-order valence-electron chi connectivity index (χ2n) is 7.52. The van der Waals surface area contributed by atoms with Gasteiger partial charge in [-0.25, -0.2) is 13.2 Å². The Morgan fingerprint density at radius 2 is 1.74 bits per heavy atom. The van der Waals surface area contributed by atoms with Crippen LogP contribution in [0.25, 0.3) is 11.1 Å². The number of carbonyl (C=O) groups is 1. The summed E-state index contributed by atoms with van der Waals surface area (Å²) < 4.78 is 45.9. The van der Waals surface area contributed by atoms with Gasteiger partial charge in [0.15, 0.2) is 17.1 Å². The minimum Gasteiger partial charge on any atom is -0.486 e. The first kappa shape index (κ1) is 21.6. The molecule has 0 radical (unpaired) electrons. The van der Waals surface area contributed by atoms with E-state index < -0.39 is 21.7 Å². The van der Waals surface area contributed by atoms with Crippen molar-refractivity contribution in [1.82, 2.24) is 4.57 Å². The highest BCUT2D eigenvalue weighted by Crippen LogP contribution is 2.33. The summed E-state index contributed by atoms with van der Waals surface area (Å²) in [4.78, 5) is 24.6. The van der Waals surface area contributed by atoms with Crippen molar-refractivity contribution in [2.45, 2.75) is 4.90 Å². The Morgan fingerprint density at radius 1 is 0.971 bits per heavy atom. The number of aryl methyl sites for hydroxylation is 1. The molecular formula is C23H19N3O7S. The van der Waals surface area contributed by atoms with Gasteiger partial charge in [0.25, 0.3) is 15.9 Å². The number of hydrogen-bond donors (Lipinski definition) is 2. The third-order valence-electron chi connectivity index (χ3n) is 5.29. The van der Waals surface area contributed by atoms with Gasteiger partial charge in [-0.3, -0.25) is 14.1 Å². The zero-order chi connectivity index (χ0) is 23.9. The first-order valence-electron chi connectivity index (χ1n) is 10.2. The molecule has 0 atom stereocenters. The van der Waals surface area contributed by atoms with Crippen LogP contribution in [0.3, 0.4) is 0 Å². The Kier molecular flexibility index (Phi) is 5.25. The largest absolute Gasteiger partial charge is 0.486 e. The van der Waals surface area contributed by atoms with Crippen molar-refractivity contribution in [1.29, 1.82) is 0 Å². The number of oxazole rings is 1. The number of benzene rings is 3. The van der Waals surface area contributed by atoms with E-state index in [1.165, 1.54) is 41.9 Å². The Morgan fingerprint density at radius 3 is 2.56 bits per heavy atom. The van der Waals surface area contributed by atoms with E-state index in [2.05, 4.69) is 10.0 Å². The van der Waals surface area contributed by atoms with Crippen LogP contribution in [-0.4, -0.2) is 32.1 Å². The summed E-state index contributed by atoms with van der Waals surface area (Å²) in [6, 6.07) is 15.3. The molecular weight excluding hydrogens is 462 g/mol. The van der Waals surface area contributed by atoms with Gasteiger partial charge in [-0.2, -0.15) is 0 Å². The molecule has 1 aromatic heterocycles. The van der Waals surface area contributed by atoms with Crippen LogP contribution >= 0.6 is 0 Å². The van der Waals surface area contributed by atoms with E-state index in [4.69, 9.17) is 13.9 Å². The predicted octanol–water partition coefficient (Wildman–Crippen LogP) is 2.96. The molecule has 1 aliphatic rings. The van der Waals surface area contributed by atoms with Gasteiger partial charge in [0.1, 0.15) is 13.2 Å². The number of carbonyl (C=O) groups excluding carboxylic acids is 1. The SMILES string of the molecule is Cn1c(=O)oc2cc(S(=O)(=O)Nc3ccccc3C(=O)Nc3ccc4c(c3)OCCO4)ccc21. The highest BCUT2D eigenvalue weighted by molar-refractivity contribution is 7.92. The van der Waals surface area contributed by atoms with Crippen LogP contribution in [0, 0.1) is 0 Å². The third kappa shape index (κ3) is 3.97. The highest BCUT2D eigenvalue weighted by atomic mass is 32.2. The fraction of sp³-hybridized carbons (Fsp3) is 0.130. The van der Waals surface area contributed by atoms with Crippen LogP contribution in [0.2, 0.25) is 0 Å². The molecule has 1 aliphatic heterocycles. The number of nitrogens with one attached hydrogen (secondary N) is 2. The number of aromatic nitrogens is 1. The van der Waals surface area contributed by atoms with Crippen LogP contribution in [-0.2, 0) is 17.1 Å². The second-order valence-corrected chi connectivity index (χ2v) is 9.20. The average Bonchev–Trinajstić information content (AvgIpc) is 3.12. The summed E-state index contributed by atoms with van der Waals surface area (Å²) in [5.74, 6) is -0.0113. The van der Waals surface area contributed by atoms with Gasteiger partial charge in [0.05, 0.1) is 21.7 Å². The van der Waals surface area contributed by atoms with Crippen LogP contribution in [0.4, 0.5) is 11.4 Å². The normalized spacial score (nSPS) is 13.0. The molecule has 0 fully saturated rings. The van der Waals surface area contributed by atoms with E-state index in [0.717, 1.165) is 0 Å². The van der Waals surface area contributed by atoms with Crippen molar-refractivity contribution in [2.75, 3.05) is 23.3 Å². The summed E-state index contributed by atoms with van der Waals surface area (Å²) in [5, 5.41) is 2.75. The van der Waals surface area contributed by atoms with Crippen molar-refractivity contribution in [3.05, 3.63) is 76.8 Å². The van der Waals surface area contributed by atoms with E-state index >= 15 is 0 Å². The first-order chi connectivity index (χ1) is 16.3. The van der Waals surface area contributed by atoms with Crippen LogP contribution < -0.4 is 25.3 Å². The fourth-order valence-corrected chi connectivity index (χ4v) is 4.67. The molecule has 174 valence electrons. The molecule has 5 rings (SSSR count). The van der Waals surface area contributed by atoms with Crippen molar-refractivity contribution in [2.24, 2.45) is 7.05 Å². The molecule has 2 N–H and O–H groups in total. The maximum atomic E-state index is 13.0. The Hall–Kier alpha value is -4.25. The monoisotopic (exact) mass is 481 g/mol. The van der Waals surface area contributed by atoms with E-state index in [-0.39, 0.29) is 21.7 Å². The van der Waals surface area contributed by atoms with Crippen LogP contribution in [0.5, 0.6) is 11.5 Å². The van der Waals surface area contributed by atoms with Crippen molar-refractivity contribution in [3.63, 3.8) is 0 Å².